The van der Waals surface area contributed by atoms with E-state index in [0.29, 0.717) is 27.7 Å². The zero-order valence-electron chi connectivity index (χ0n) is 20.9. The fraction of sp³-hybridized carbons (Fsp3) is 0.0345. The van der Waals surface area contributed by atoms with E-state index in [0.717, 1.165) is 27.8 Å². The molecule has 4 aromatic carbocycles. The molecule has 0 atom stereocenters. The monoisotopic (exact) mass is 569 g/mol. The van der Waals surface area contributed by atoms with Crippen molar-refractivity contribution in [3.63, 3.8) is 0 Å². The van der Waals surface area contributed by atoms with E-state index in [-0.39, 0.29) is 0 Å². The number of nitrogens with one attached hydrogen (secondary N) is 1. The third-order valence-electron chi connectivity index (χ3n) is 5.46. The molecule has 0 aliphatic heterocycles. The Labute approximate surface area is 231 Å². The number of hydrogen-bond acceptors (Lipinski definition) is 4. The van der Waals surface area contributed by atoms with Gasteiger partial charge in [-0.3, -0.25) is 0 Å². The molecule has 204 valence electrons. The van der Waals surface area contributed by atoms with E-state index in [1.54, 1.807) is 49.6 Å². The zero-order chi connectivity index (χ0) is 28.7. The van der Waals surface area contributed by atoms with Gasteiger partial charge in [-0.1, -0.05) is 41.9 Å². The van der Waals surface area contributed by atoms with E-state index < -0.39 is 13.2 Å². The minimum Gasteiger partial charge on any atom is -0.497 e. The van der Waals surface area contributed by atoms with Crippen LogP contribution in [-0.2, 0) is 0 Å². The van der Waals surface area contributed by atoms with Crippen molar-refractivity contribution in [2.45, 2.75) is 0 Å². The summed E-state index contributed by atoms with van der Waals surface area (Å²) in [5.41, 5.74) is 2.94. The Balaban J connectivity index is 0.000000681. The van der Waals surface area contributed by atoms with Crippen molar-refractivity contribution in [1.82, 2.24) is 0 Å². The lowest BCUT2D eigenvalue weighted by atomic mass is 10.1. The lowest BCUT2D eigenvalue weighted by Gasteiger charge is -2.05. The highest BCUT2D eigenvalue weighted by Crippen LogP contribution is 2.23. The van der Waals surface area contributed by atoms with Crippen molar-refractivity contribution in [3.8, 4) is 22.8 Å². The summed E-state index contributed by atoms with van der Waals surface area (Å²) in [6.07, 6.45) is 0. The predicted molar refractivity (Wildman–Crippen MR) is 145 cm³/mol. The molecule has 0 fully saturated rings. The van der Waals surface area contributed by atoms with Crippen LogP contribution in [0.5, 0.6) is 11.5 Å². The Bertz CT molecular complexity index is 1670. The number of rotatable bonds is 5. The first-order valence-electron chi connectivity index (χ1n) is 11.8. The topological polar surface area (TPSA) is 62.6 Å². The van der Waals surface area contributed by atoms with Crippen molar-refractivity contribution in [1.29, 1.82) is 0 Å². The normalized spacial score (nSPS) is 11.5. The molecule has 0 aliphatic rings. The minimum absolute atomic E-state index is 0.439. The molecule has 0 amide bonds. The van der Waals surface area contributed by atoms with Gasteiger partial charge in [-0.2, -0.15) is 0 Å². The SMILES string of the molecule is COc1ccc(C(=O)Oc2ccc([NH+]=c3cc(-c4ccccc4)oc4ccc(Cl)cc34)cc2)cc1.F[B-](F)(F)F. The summed E-state index contributed by atoms with van der Waals surface area (Å²) in [7, 11) is -4.42. The number of carbonyl (C=O) groups is 1. The average Bonchev–Trinajstić information content (AvgIpc) is 2.94. The van der Waals surface area contributed by atoms with Gasteiger partial charge in [0.05, 0.1) is 24.1 Å². The Morgan fingerprint density at radius 3 is 2.08 bits per heavy atom. The maximum absolute atomic E-state index is 12.4. The summed E-state index contributed by atoms with van der Waals surface area (Å²) in [6, 6.07) is 31.3. The molecule has 0 bridgehead atoms. The van der Waals surface area contributed by atoms with Crippen LogP contribution >= 0.6 is 11.6 Å². The molecule has 0 saturated carbocycles. The first-order valence-corrected chi connectivity index (χ1v) is 12.2. The maximum atomic E-state index is 12.4. The summed E-state index contributed by atoms with van der Waals surface area (Å²) < 4.78 is 55.8. The van der Waals surface area contributed by atoms with E-state index >= 15 is 0 Å². The lowest BCUT2D eigenvalue weighted by Crippen LogP contribution is -2.70. The number of halogens is 5. The number of benzene rings is 4. The van der Waals surface area contributed by atoms with E-state index in [9.17, 15) is 22.1 Å². The van der Waals surface area contributed by atoms with Gasteiger partial charge in [0.2, 0.25) is 11.0 Å². The van der Waals surface area contributed by atoms with Crippen molar-refractivity contribution in [3.05, 3.63) is 119 Å². The summed E-state index contributed by atoms with van der Waals surface area (Å²) in [4.78, 5) is 15.9. The van der Waals surface area contributed by atoms with Gasteiger partial charge >= 0.3 is 13.2 Å². The second-order valence-corrected chi connectivity index (χ2v) is 8.73. The Morgan fingerprint density at radius 2 is 1.45 bits per heavy atom. The molecule has 0 radical (unpaired) electrons. The molecule has 1 aromatic heterocycles. The highest BCUT2D eigenvalue weighted by atomic mass is 35.5. The van der Waals surface area contributed by atoms with Crippen LogP contribution in [0.4, 0.5) is 23.0 Å². The summed E-state index contributed by atoms with van der Waals surface area (Å²) in [6.45, 7) is 0. The van der Waals surface area contributed by atoms with Crippen LogP contribution in [0.3, 0.4) is 0 Å². The Hall–Kier alpha value is -4.57. The number of ether oxygens (including phenoxy) is 2. The van der Waals surface area contributed by atoms with Gasteiger partial charge in [-0.15, -0.1) is 0 Å². The van der Waals surface area contributed by atoms with Crippen molar-refractivity contribution < 1.29 is 40.9 Å². The maximum Gasteiger partial charge on any atom is 0.673 e. The second-order valence-electron chi connectivity index (χ2n) is 8.29. The first kappa shape index (κ1) is 28.4. The lowest BCUT2D eigenvalue weighted by molar-refractivity contribution is -0.400. The van der Waals surface area contributed by atoms with Crippen LogP contribution in [0.1, 0.15) is 10.4 Å². The molecule has 5 nitrogen and oxygen atoms in total. The van der Waals surface area contributed by atoms with Gasteiger partial charge in [-0.05, 0) is 54.6 Å². The standard InChI is InChI=1S/C29H20ClNO4.BF4/c1-33-23-12-7-20(8-13-23)29(32)34-24-14-10-22(11-15-24)31-26-18-28(19-5-3-2-4-6-19)35-27-16-9-21(30)17-25(26)27;2-1(3,4)5/h2-18H,1H3;/q;-1/p+1. The molecule has 11 heteroatoms. The molecule has 1 heterocycles. The smallest absolute Gasteiger partial charge is 0.497 e. The molecular formula is C29H21BClF4NO4. The molecule has 1 N–H and O–H groups in total. The molecule has 0 saturated heterocycles. The van der Waals surface area contributed by atoms with Crippen LogP contribution in [0.25, 0.3) is 22.3 Å². The second kappa shape index (κ2) is 12.5. The third-order valence-corrected chi connectivity index (χ3v) is 5.69. The third kappa shape index (κ3) is 7.97. The average molecular weight is 570 g/mol. The largest absolute Gasteiger partial charge is 0.673 e. The number of fused-ring (bicyclic) bond motifs is 1. The molecule has 0 unspecified atom stereocenters. The predicted octanol–water partition coefficient (Wildman–Crippen LogP) is 6.59. The fourth-order valence-corrected chi connectivity index (χ4v) is 3.83. The van der Waals surface area contributed by atoms with Crippen LogP contribution in [0.15, 0.2) is 108 Å². The molecule has 40 heavy (non-hydrogen) atoms. The molecule has 5 rings (SSSR count). The quantitative estimate of drug-likeness (QED) is 0.112. The van der Waals surface area contributed by atoms with Crippen molar-refractivity contribution in [2.75, 3.05) is 7.11 Å². The number of esters is 1. The van der Waals surface area contributed by atoms with Gasteiger partial charge in [0, 0.05) is 22.7 Å². The van der Waals surface area contributed by atoms with Gasteiger partial charge < -0.3 is 31.2 Å². The van der Waals surface area contributed by atoms with Crippen molar-refractivity contribution in [2.24, 2.45) is 0 Å². The van der Waals surface area contributed by atoms with E-state index in [1.807, 2.05) is 60.7 Å². The van der Waals surface area contributed by atoms with Gasteiger partial charge in [0.15, 0.2) is 0 Å². The van der Waals surface area contributed by atoms with Crippen LogP contribution < -0.4 is 19.8 Å². The van der Waals surface area contributed by atoms with E-state index in [4.69, 9.17) is 25.5 Å². The molecular weight excluding hydrogens is 549 g/mol. The molecule has 0 aliphatic carbocycles. The van der Waals surface area contributed by atoms with E-state index in [2.05, 4.69) is 4.99 Å². The van der Waals surface area contributed by atoms with Crippen LogP contribution in [0, 0.1) is 0 Å². The number of carbonyl (C=O) groups excluding carboxylic acids is 1. The van der Waals surface area contributed by atoms with Crippen molar-refractivity contribution >= 4 is 41.5 Å². The highest BCUT2D eigenvalue weighted by Gasteiger charge is 2.20. The summed E-state index contributed by atoms with van der Waals surface area (Å²) >= 11 is 6.26. The van der Waals surface area contributed by atoms with Gasteiger partial charge in [0.1, 0.15) is 22.8 Å². The zero-order valence-corrected chi connectivity index (χ0v) is 21.7. The number of methoxy groups -OCH3 is 1. The first-order chi connectivity index (χ1) is 19.1. The Morgan fingerprint density at radius 1 is 0.825 bits per heavy atom. The fourth-order valence-electron chi connectivity index (χ4n) is 3.66. The van der Waals surface area contributed by atoms with E-state index in [1.165, 1.54) is 0 Å². The Kier molecular flexibility index (Phi) is 8.91. The van der Waals surface area contributed by atoms with Gasteiger partial charge in [0.25, 0.3) is 0 Å². The summed E-state index contributed by atoms with van der Waals surface area (Å²) in [5.74, 6) is 1.41. The van der Waals surface area contributed by atoms with Crippen LogP contribution in [0.2, 0.25) is 5.02 Å². The highest BCUT2D eigenvalue weighted by molar-refractivity contribution is 6.50. The molecule has 0 spiro atoms. The summed E-state index contributed by atoms with van der Waals surface area (Å²) in [5, 5.41) is 2.31. The van der Waals surface area contributed by atoms with Gasteiger partial charge in [-0.25, -0.2) is 9.79 Å². The molecule has 5 aromatic rings. The minimum atomic E-state index is -6.00. The van der Waals surface area contributed by atoms with Crippen LogP contribution in [-0.4, -0.2) is 20.3 Å². The number of hydrogen-bond donors (Lipinski definition) is 1.